The fraction of sp³-hybridized carbons (Fsp3) is 0.138. The number of nitrogens with zero attached hydrogens (tertiary/aromatic N) is 2. The van der Waals surface area contributed by atoms with Crippen molar-refractivity contribution in [2.24, 2.45) is 0 Å². The molecule has 180 valence electrons. The molecule has 1 N–H and O–H groups in total. The van der Waals surface area contributed by atoms with Crippen molar-refractivity contribution in [3.63, 3.8) is 0 Å². The van der Waals surface area contributed by atoms with E-state index in [9.17, 15) is 14.4 Å². The van der Waals surface area contributed by atoms with E-state index in [2.05, 4.69) is 5.32 Å². The molecular weight excluding hydrogens is 470 g/mol. The van der Waals surface area contributed by atoms with Crippen LogP contribution in [0.4, 0.5) is 0 Å². The summed E-state index contributed by atoms with van der Waals surface area (Å²) in [6.45, 7) is 2.87. The fourth-order valence-corrected chi connectivity index (χ4v) is 4.83. The Labute approximate surface area is 212 Å². The Kier molecular flexibility index (Phi) is 6.64. The summed E-state index contributed by atoms with van der Waals surface area (Å²) in [6.07, 6.45) is 0.218. The molecule has 2 heterocycles. The smallest absolute Gasteiger partial charge is 0.336 e. The van der Waals surface area contributed by atoms with E-state index < -0.39 is 5.69 Å². The number of thiophene rings is 1. The van der Waals surface area contributed by atoms with Gasteiger partial charge in [-0.15, -0.1) is 11.3 Å². The van der Waals surface area contributed by atoms with Crippen LogP contribution in [0, 0.1) is 6.92 Å². The van der Waals surface area contributed by atoms with Crippen molar-refractivity contribution in [3.05, 3.63) is 133 Å². The van der Waals surface area contributed by atoms with Gasteiger partial charge in [0.05, 0.1) is 36.1 Å². The van der Waals surface area contributed by atoms with Gasteiger partial charge in [-0.3, -0.25) is 14.2 Å². The molecule has 2 aromatic heterocycles. The number of nitrogens with one attached hydrogen (secondary N) is 1. The Morgan fingerprint density at radius 2 is 1.58 bits per heavy atom. The van der Waals surface area contributed by atoms with Crippen LogP contribution in [0.1, 0.15) is 21.6 Å². The molecule has 5 aromatic rings. The Morgan fingerprint density at radius 3 is 2.31 bits per heavy atom. The highest BCUT2D eigenvalue weighted by molar-refractivity contribution is 7.09. The standard InChI is InChI=1S/C29H25N3O3S/c1-20-8-10-22(11-9-20)19-31-26-7-3-2-6-25(26)28(34)32(29(31)35)23-14-12-21(13-15-23)17-27(33)30-18-24-5-4-16-36-24/h2-16H,17-19H2,1H3,(H,30,33). The second-order valence-electron chi connectivity index (χ2n) is 8.71. The molecule has 7 heteroatoms. The third-order valence-electron chi connectivity index (χ3n) is 6.11. The highest BCUT2D eigenvalue weighted by atomic mass is 32.1. The van der Waals surface area contributed by atoms with Gasteiger partial charge in [0.15, 0.2) is 0 Å². The average molecular weight is 496 g/mol. The number of hydrogen-bond acceptors (Lipinski definition) is 4. The number of hydrogen-bond donors (Lipinski definition) is 1. The first-order valence-corrected chi connectivity index (χ1v) is 12.6. The van der Waals surface area contributed by atoms with Gasteiger partial charge in [0.25, 0.3) is 5.56 Å². The Bertz CT molecular complexity index is 1630. The second kappa shape index (κ2) is 10.2. The molecule has 0 saturated carbocycles. The minimum atomic E-state index is -0.402. The van der Waals surface area contributed by atoms with Crippen LogP contribution in [-0.2, 0) is 24.3 Å². The summed E-state index contributed by atoms with van der Waals surface area (Å²) < 4.78 is 2.84. The Balaban J connectivity index is 1.46. The SMILES string of the molecule is Cc1ccc(Cn2c(=O)n(-c3ccc(CC(=O)NCc4cccs4)cc3)c(=O)c3ccccc32)cc1. The molecule has 0 aliphatic heterocycles. The molecule has 0 bridgehead atoms. The molecule has 1 amide bonds. The maximum Gasteiger partial charge on any atom is 0.336 e. The fourth-order valence-electron chi connectivity index (χ4n) is 4.19. The number of carbonyl (C=O) groups is 1. The Hall–Kier alpha value is -4.23. The van der Waals surface area contributed by atoms with Crippen molar-refractivity contribution in [2.75, 3.05) is 0 Å². The van der Waals surface area contributed by atoms with Gasteiger partial charge >= 0.3 is 5.69 Å². The second-order valence-corrected chi connectivity index (χ2v) is 9.74. The molecule has 0 spiro atoms. The maximum absolute atomic E-state index is 13.6. The van der Waals surface area contributed by atoms with Gasteiger partial charge in [-0.25, -0.2) is 9.36 Å². The van der Waals surface area contributed by atoms with Crippen LogP contribution in [0.2, 0.25) is 0 Å². The summed E-state index contributed by atoms with van der Waals surface area (Å²) in [6, 6.07) is 26.1. The van der Waals surface area contributed by atoms with Crippen molar-refractivity contribution in [1.82, 2.24) is 14.5 Å². The van der Waals surface area contributed by atoms with Crippen LogP contribution < -0.4 is 16.6 Å². The lowest BCUT2D eigenvalue weighted by atomic mass is 10.1. The summed E-state index contributed by atoms with van der Waals surface area (Å²) in [7, 11) is 0. The van der Waals surface area contributed by atoms with E-state index >= 15 is 0 Å². The lowest BCUT2D eigenvalue weighted by molar-refractivity contribution is -0.120. The zero-order valence-electron chi connectivity index (χ0n) is 19.8. The van der Waals surface area contributed by atoms with E-state index in [1.807, 2.05) is 54.8 Å². The van der Waals surface area contributed by atoms with Crippen molar-refractivity contribution >= 4 is 28.1 Å². The third kappa shape index (κ3) is 4.92. The predicted molar refractivity (Wildman–Crippen MR) is 144 cm³/mol. The van der Waals surface area contributed by atoms with E-state index in [1.54, 1.807) is 58.4 Å². The summed E-state index contributed by atoms with van der Waals surface area (Å²) in [5.74, 6) is -0.0838. The van der Waals surface area contributed by atoms with Gasteiger partial charge in [0, 0.05) is 4.88 Å². The van der Waals surface area contributed by atoms with Gasteiger partial charge in [-0.1, -0.05) is 60.2 Å². The number of rotatable bonds is 7. The molecule has 0 fully saturated rings. The van der Waals surface area contributed by atoms with Crippen molar-refractivity contribution in [2.45, 2.75) is 26.4 Å². The maximum atomic E-state index is 13.6. The molecule has 36 heavy (non-hydrogen) atoms. The van der Waals surface area contributed by atoms with Gasteiger partial charge in [0.1, 0.15) is 0 Å². The monoisotopic (exact) mass is 495 g/mol. The summed E-state index contributed by atoms with van der Waals surface area (Å²) in [4.78, 5) is 40.4. The molecule has 0 radical (unpaired) electrons. The molecule has 3 aromatic carbocycles. The molecule has 6 nitrogen and oxygen atoms in total. The van der Waals surface area contributed by atoms with E-state index in [-0.39, 0.29) is 17.9 Å². The lowest BCUT2D eigenvalue weighted by Gasteiger charge is -2.15. The zero-order valence-corrected chi connectivity index (χ0v) is 20.6. The highest BCUT2D eigenvalue weighted by Crippen LogP contribution is 2.14. The van der Waals surface area contributed by atoms with Crippen LogP contribution >= 0.6 is 11.3 Å². The number of aryl methyl sites for hydroxylation is 1. The number of amides is 1. The third-order valence-corrected chi connectivity index (χ3v) is 6.99. The van der Waals surface area contributed by atoms with Crippen molar-refractivity contribution in [3.8, 4) is 5.69 Å². The van der Waals surface area contributed by atoms with Crippen LogP contribution in [0.15, 0.2) is 99.9 Å². The summed E-state index contributed by atoms with van der Waals surface area (Å²) >= 11 is 1.60. The molecule has 0 aliphatic carbocycles. The van der Waals surface area contributed by atoms with E-state index in [4.69, 9.17) is 0 Å². The van der Waals surface area contributed by atoms with E-state index in [1.165, 1.54) is 4.57 Å². The first-order valence-electron chi connectivity index (χ1n) is 11.7. The largest absolute Gasteiger partial charge is 0.351 e. The quantitative estimate of drug-likeness (QED) is 0.363. The van der Waals surface area contributed by atoms with Crippen LogP contribution in [0.25, 0.3) is 16.6 Å². The molecule has 0 atom stereocenters. The zero-order chi connectivity index (χ0) is 25.1. The normalized spacial score (nSPS) is 11.0. The van der Waals surface area contributed by atoms with Crippen molar-refractivity contribution in [1.29, 1.82) is 0 Å². The number of fused-ring (bicyclic) bond motifs is 1. The first kappa shape index (κ1) is 23.5. The predicted octanol–water partition coefficient (Wildman–Crippen LogP) is 4.43. The number of benzene rings is 3. The lowest BCUT2D eigenvalue weighted by Crippen LogP contribution is -2.39. The van der Waals surface area contributed by atoms with Crippen molar-refractivity contribution < 1.29 is 4.79 Å². The number of para-hydroxylation sites is 1. The molecule has 0 unspecified atom stereocenters. The van der Waals surface area contributed by atoms with Gasteiger partial charge in [0.2, 0.25) is 5.91 Å². The summed E-state index contributed by atoms with van der Waals surface area (Å²) in [5.41, 5.74) is 3.22. The molecular formula is C29H25N3O3S. The van der Waals surface area contributed by atoms with Crippen LogP contribution in [0.3, 0.4) is 0 Å². The minimum absolute atomic E-state index is 0.0838. The van der Waals surface area contributed by atoms with Crippen LogP contribution in [0.5, 0.6) is 0 Å². The first-order chi connectivity index (χ1) is 17.5. The minimum Gasteiger partial charge on any atom is -0.351 e. The van der Waals surface area contributed by atoms with Gasteiger partial charge in [-0.2, -0.15) is 0 Å². The number of aromatic nitrogens is 2. The van der Waals surface area contributed by atoms with Gasteiger partial charge < -0.3 is 5.32 Å². The molecule has 5 rings (SSSR count). The van der Waals surface area contributed by atoms with Crippen LogP contribution in [-0.4, -0.2) is 15.0 Å². The number of carbonyl (C=O) groups excluding carboxylic acids is 1. The Morgan fingerprint density at radius 1 is 0.861 bits per heavy atom. The van der Waals surface area contributed by atoms with E-state index in [0.717, 1.165) is 21.6 Å². The van der Waals surface area contributed by atoms with Gasteiger partial charge in [-0.05, 0) is 53.8 Å². The van der Waals surface area contributed by atoms with E-state index in [0.29, 0.717) is 29.7 Å². The molecule has 0 saturated heterocycles. The topological polar surface area (TPSA) is 73.1 Å². The summed E-state index contributed by atoms with van der Waals surface area (Å²) in [5, 5.41) is 5.36. The molecule has 0 aliphatic rings. The highest BCUT2D eigenvalue weighted by Gasteiger charge is 2.15. The average Bonchev–Trinajstić information content (AvgIpc) is 3.41.